The van der Waals surface area contributed by atoms with Gasteiger partial charge in [0.05, 0.1) is 16.1 Å². The highest BCUT2D eigenvalue weighted by molar-refractivity contribution is 6.99. The van der Waals surface area contributed by atoms with Crippen LogP contribution in [0, 0.1) is 0 Å². The lowest BCUT2D eigenvalue weighted by molar-refractivity contribution is 1.24. The van der Waals surface area contributed by atoms with E-state index in [0.717, 1.165) is 12.8 Å². The van der Waals surface area contributed by atoms with E-state index >= 15 is 0 Å². The van der Waals surface area contributed by atoms with Gasteiger partial charge < -0.3 is 0 Å². The smallest absolute Gasteiger partial charge is 0.0782 e. The zero-order valence-corrected chi connectivity index (χ0v) is 19.0. The number of rotatable bonds is 3. The van der Waals surface area contributed by atoms with E-state index in [9.17, 15) is 0 Å². The molecule has 2 aliphatic carbocycles. The largest absolute Gasteiger partial charge is 0.0801 e. The molecule has 2 aromatic carbocycles. The van der Waals surface area contributed by atoms with Crippen LogP contribution in [0.1, 0.15) is 23.1 Å². The summed E-state index contributed by atoms with van der Waals surface area (Å²) in [6, 6.07) is 11.7. The van der Waals surface area contributed by atoms with Gasteiger partial charge in [0.2, 0.25) is 0 Å². The fraction of sp³-hybridized carbons (Fsp3) is 0.333. The summed E-state index contributed by atoms with van der Waals surface area (Å²) in [5, 5.41) is 3.45. The van der Waals surface area contributed by atoms with Crippen molar-refractivity contribution < 1.29 is 0 Å². The van der Waals surface area contributed by atoms with Crippen LogP contribution < -0.4 is 10.4 Å². The van der Waals surface area contributed by atoms with E-state index in [1.807, 2.05) is 0 Å². The molecule has 0 aromatic heterocycles. The number of allylic oxidation sites excluding steroid dienone is 4. The number of benzene rings is 2. The Morgan fingerprint density at radius 3 is 2.19 bits per heavy atom. The molecule has 0 saturated heterocycles. The molecule has 26 heavy (non-hydrogen) atoms. The van der Waals surface area contributed by atoms with Crippen molar-refractivity contribution in [3.05, 3.63) is 65.3 Å². The molecule has 0 bridgehead atoms. The standard InChI is InChI=1S/C24H30Si2/c1-25(2,3)22-16-20(17-11-7-8-12-17)21-15-18-13-9-10-14-19(18)23(21)24(22)26(4,5)6/h7-11,13-14,16H,12,15H2,1-6H3. The van der Waals surface area contributed by atoms with Crippen molar-refractivity contribution >= 4 is 32.1 Å². The van der Waals surface area contributed by atoms with E-state index in [-0.39, 0.29) is 0 Å². The lowest BCUT2D eigenvalue weighted by Gasteiger charge is -2.32. The quantitative estimate of drug-likeness (QED) is 0.516. The Bertz CT molecular complexity index is 947. The molecule has 0 heterocycles. The highest BCUT2D eigenvalue weighted by atomic mass is 28.3. The van der Waals surface area contributed by atoms with Crippen molar-refractivity contribution in [3.63, 3.8) is 0 Å². The third-order valence-corrected chi connectivity index (χ3v) is 10.0. The van der Waals surface area contributed by atoms with Crippen LogP contribution in [0.5, 0.6) is 0 Å². The fourth-order valence-corrected chi connectivity index (χ4v) is 10.2. The minimum atomic E-state index is -1.48. The Balaban J connectivity index is 2.12. The van der Waals surface area contributed by atoms with Gasteiger partial charge in [-0.25, -0.2) is 0 Å². The Morgan fingerprint density at radius 1 is 0.846 bits per heavy atom. The van der Waals surface area contributed by atoms with E-state index in [1.54, 1.807) is 21.5 Å². The Kier molecular flexibility index (Phi) is 4.05. The van der Waals surface area contributed by atoms with E-state index in [2.05, 4.69) is 87.8 Å². The van der Waals surface area contributed by atoms with Gasteiger partial charge in [-0.1, -0.05) is 98.2 Å². The normalized spacial score (nSPS) is 15.8. The fourth-order valence-electron chi connectivity index (χ4n) is 4.62. The molecule has 2 heteroatoms. The molecule has 2 aliphatic rings. The van der Waals surface area contributed by atoms with Crippen LogP contribution in [0.2, 0.25) is 39.3 Å². The van der Waals surface area contributed by atoms with Gasteiger partial charge in [-0.2, -0.15) is 0 Å². The molecule has 0 spiro atoms. The van der Waals surface area contributed by atoms with Gasteiger partial charge in [-0.3, -0.25) is 0 Å². The number of hydrogen-bond donors (Lipinski definition) is 0. The van der Waals surface area contributed by atoms with Gasteiger partial charge >= 0.3 is 0 Å². The zero-order valence-electron chi connectivity index (χ0n) is 17.0. The van der Waals surface area contributed by atoms with Gasteiger partial charge in [-0.05, 0) is 46.2 Å². The zero-order chi connectivity index (χ0) is 18.7. The van der Waals surface area contributed by atoms with Crippen LogP contribution in [-0.2, 0) is 6.42 Å². The highest BCUT2D eigenvalue weighted by Crippen LogP contribution is 2.41. The van der Waals surface area contributed by atoms with E-state index in [4.69, 9.17) is 0 Å². The predicted octanol–water partition coefficient (Wildman–Crippen LogP) is 5.69. The second-order valence-electron chi connectivity index (χ2n) is 9.86. The Hall–Kier alpha value is -1.65. The summed E-state index contributed by atoms with van der Waals surface area (Å²) < 4.78 is 0. The molecule has 134 valence electrons. The maximum absolute atomic E-state index is 2.61. The molecule has 0 saturated carbocycles. The van der Waals surface area contributed by atoms with Crippen LogP contribution in [-0.4, -0.2) is 16.1 Å². The molecule has 0 N–H and O–H groups in total. The van der Waals surface area contributed by atoms with Gasteiger partial charge in [0, 0.05) is 0 Å². The average molecular weight is 375 g/mol. The maximum atomic E-state index is 2.61. The lowest BCUT2D eigenvalue weighted by atomic mass is 9.95. The summed E-state index contributed by atoms with van der Waals surface area (Å²) in [7, 11) is -2.92. The van der Waals surface area contributed by atoms with E-state index < -0.39 is 16.1 Å². The minimum absolute atomic E-state index is 1.08. The first-order chi connectivity index (χ1) is 12.2. The summed E-state index contributed by atoms with van der Waals surface area (Å²) >= 11 is 0. The molecule has 0 nitrogen and oxygen atoms in total. The van der Waals surface area contributed by atoms with Crippen LogP contribution in [0.4, 0.5) is 0 Å². The molecular formula is C24H30Si2. The second-order valence-corrected chi connectivity index (χ2v) is 19.9. The third-order valence-electron chi connectivity index (χ3n) is 5.76. The second kappa shape index (κ2) is 5.93. The molecular weight excluding hydrogens is 344 g/mol. The van der Waals surface area contributed by atoms with Crippen molar-refractivity contribution in [2.24, 2.45) is 0 Å². The average Bonchev–Trinajstić information content (AvgIpc) is 3.19. The van der Waals surface area contributed by atoms with Crippen LogP contribution in [0.25, 0.3) is 16.7 Å². The highest BCUT2D eigenvalue weighted by Gasteiger charge is 2.36. The van der Waals surface area contributed by atoms with Gasteiger partial charge in [0.15, 0.2) is 0 Å². The molecule has 0 atom stereocenters. The van der Waals surface area contributed by atoms with Crippen molar-refractivity contribution in [1.29, 1.82) is 0 Å². The molecule has 0 amide bonds. The first kappa shape index (κ1) is 17.8. The van der Waals surface area contributed by atoms with Crippen molar-refractivity contribution in [1.82, 2.24) is 0 Å². The first-order valence-electron chi connectivity index (χ1n) is 9.83. The summed E-state index contributed by atoms with van der Waals surface area (Å²) in [5.74, 6) is 0. The van der Waals surface area contributed by atoms with Crippen molar-refractivity contribution in [2.75, 3.05) is 0 Å². The molecule has 0 radical (unpaired) electrons. The summed E-state index contributed by atoms with van der Waals surface area (Å²) in [6.07, 6.45) is 9.04. The summed E-state index contributed by atoms with van der Waals surface area (Å²) in [6.45, 7) is 15.1. The SMILES string of the molecule is C[Si](C)(C)c1cc(C2=CC=CC2)c2c(c1[Si](C)(C)C)-c1ccccc1C2. The number of hydrogen-bond acceptors (Lipinski definition) is 0. The first-order valence-corrected chi connectivity index (χ1v) is 16.8. The number of fused-ring (bicyclic) bond motifs is 3. The van der Waals surface area contributed by atoms with Gasteiger partial charge in [0.1, 0.15) is 0 Å². The minimum Gasteiger partial charge on any atom is -0.0801 e. The van der Waals surface area contributed by atoms with Gasteiger partial charge in [0.25, 0.3) is 0 Å². The molecule has 0 fully saturated rings. The molecule has 0 aliphatic heterocycles. The summed E-state index contributed by atoms with van der Waals surface area (Å²) in [5.41, 5.74) is 9.27. The third kappa shape index (κ3) is 2.80. The van der Waals surface area contributed by atoms with E-state index in [0.29, 0.717) is 0 Å². The Morgan fingerprint density at radius 2 is 1.58 bits per heavy atom. The van der Waals surface area contributed by atoms with Crippen molar-refractivity contribution in [3.8, 4) is 11.1 Å². The van der Waals surface area contributed by atoms with Crippen LogP contribution in [0.3, 0.4) is 0 Å². The summed E-state index contributed by atoms with van der Waals surface area (Å²) in [4.78, 5) is 0. The maximum Gasteiger partial charge on any atom is 0.0782 e. The van der Waals surface area contributed by atoms with Crippen molar-refractivity contribution in [2.45, 2.75) is 52.1 Å². The molecule has 4 rings (SSSR count). The molecule has 2 aromatic rings. The van der Waals surface area contributed by atoms with E-state index in [1.165, 1.54) is 22.3 Å². The lowest BCUT2D eigenvalue weighted by Crippen LogP contribution is -2.57. The van der Waals surface area contributed by atoms with Crippen LogP contribution in [0.15, 0.2) is 48.6 Å². The predicted molar refractivity (Wildman–Crippen MR) is 122 cm³/mol. The molecule has 0 unspecified atom stereocenters. The topological polar surface area (TPSA) is 0 Å². The van der Waals surface area contributed by atoms with Gasteiger partial charge in [-0.15, -0.1) is 0 Å². The van der Waals surface area contributed by atoms with Crippen LogP contribution >= 0.6 is 0 Å². The Labute approximate surface area is 160 Å². The monoisotopic (exact) mass is 374 g/mol.